The van der Waals surface area contributed by atoms with Crippen molar-refractivity contribution in [2.75, 3.05) is 6.54 Å². The minimum Gasteiger partial charge on any atom is -0.479 e. The molecule has 0 saturated carbocycles. The van der Waals surface area contributed by atoms with Gasteiger partial charge in [0.15, 0.2) is 5.60 Å². The number of aryl methyl sites for hydroxylation is 1. The summed E-state index contributed by atoms with van der Waals surface area (Å²) in [6.07, 6.45) is 0. The maximum atomic E-state index is 10.8. The molecule has 0 spiro atoms. The van der Waals surface area contributed by atoms with Gasteiger partial charge in [-0.3, -0.25) is 0 Å². The van der Waals surface area contributed by atoms with Crippen LogP contribution in [0.15, 0.2) is 36.4 Å². The van der Waals surface area contributed by atoms with Gasteiger partial charge in [-0.2, -0.15) is 0 Å². The lowest BCUT2D eigenvalue weighted by atomic mass is 10.1. The minimum absolute atomic E-state index is 0.0140. The first kappa shape index (κ1) is 15.7. The molecule has 2 aromatic rings. The van der Waals surface area contributed by atoms with Crippen LogP contribution in [0.1, 0.15) is 17.4 Å². The van der Waals surface area contributed by atoms with E-state index in [4.69, 9.17) is 5.11 Å². The van der Waals surface area contributed by atoms with Gasteiger partial charge in [-0.25, -0.2) is 4.79 Å². The molecule has 21 heavy (non-hydrogen) atoms. The molecule has 0 bridgehead atoms. The Morgan fingerprint density at radius 2 is 1.90 bits per heavy atom. The van der Waals surface area contributed by atoms with Crippen molar-refractivity contribution < 1.29 is 15.0 Å². The number of benzene rings is 1. The maximum Gasteiger partial charge on any atom is 0.336 e. The normalized spacial score (nSPS) is 13.9. The highest BCUT2D eigenvalue weighted by Crippen LogP contribution is 2.28. The molecule has 0 saturated heterocycles. The van der Waals surface area contributed by atoms with Crippen LogP contribution in [0, 0.1) is 6.92 Å². The molecule has 1 aromatic heterocycles. The van der Waals surface area contributed by atoms with Crippen LogP contribution in [0.5, 0.6) is 0 Å². The first-order valence-electron chi connectivity index (χ1n) is 6.71. The third-order valence-corrected chi connectivity index (χ3v) is 4.36. The fraction of sp³-hybridized carbons (Fsp3) is 0.312. The van der Waals surface area contributed by atoms with Crippen LogP contribution in [0.4, 0.5) is 0 Å². The Bertz CT molecular complexity index is 617. The lowest BCUT2D eigenvalue weighted by molar-refractivity contribution is -0.156. The fourth-order valence-corrected chi connectivity index (χ4v) is 2.83. The number of nitrogens with one attached hydrogen (secondary N) is 1. The molecule has 2 rings (SSSR count). The average Bonchev–Trinajstić information content (AvgIpc) is 2.88. The lowest BCUT2D eigenvalue weighted by Crippen LogP contribution is -2.44. The molecule has 1 atom stereocenters. The molecule has 1 heterocycles. The van der Waals surface area contributed by atoms with E-state index in [2.05, 4.69) is 42.6 Å². The van der Waals surface area contributed by atoms with Crippen molar-refractivity contribution >= 4 is 17.3 Å². The predicted octanol–water partition coefficient (Wildman–Crippen LogP) is 2.65. The van der Waals surface area contributed by atoms with Gasteiger partial charge >= 0.3 is 5.97 Å². The van der Waals surface area contributed by atoms with Crippen LogP contribution in [0.3, 0.4) is 0 Å². The second-order valence-corrected chi connectivity index (χ2v) is 6.48. The van der Waals surface area contributed by atoms with E-state index in [0.717, 1.165) is 4.88 Å². The van der Waals surface area contributed by atoms with Gasteiger partial charge in [0.05, 0.1) is 0 Å². The summed E-state index contributed by atoms with van der Waals surface area (Å²) >= 11 is 1.66. The van der Waals surface area contributed by atoms with E-state index in [0.29, 0.717) is 6.54 Å². The molecule has 0 aliphatic carbocycles. The van der Waals surface area contributed by atoms with E-state index in [-0.39, 0.29) is 6.54 Å². The Balaban J connectivity index is 1.95. The van der Waals surface area contributed by atoms with Gasteiger partial charge in [-0.05, 0) is 31.5 Å². The van der Waals surface area contributed by atoms with Crippen LogP contribution in [-0.4, -0.2) is 28.3 Å². The quantitative estimate of drug-likeness (QED) is 0.767. The topological polar surface area (TPSA) is 69.6 Å². The second-order valence-electron chi connectivity index (χ2n) is 5.31. The smallest absolute Gasteiger partial charge is 0.336 e. The number of thiophene rings is 1. The van der Waals surface area contributed by atoms with Crippen molar-refractivity contribution in [1.82, 2.24) is 5.32 Å². The van der Waals surface area contributed by atoms with Crippen LogP contribution in [0.25, 0.3) is 10.4 Å². The summed E-state index contributed by atoms with van der Waals surface area (Å²) in [5.41, 5.74) is 0.666. The average molecular weight is 305 g/mol. The van der Waals surface area contributed by atoms with Gasteiger partial charge in [0.1, 0.15) is 0 Å². The molecule has 4 nitrogen and oxygen atoms in total. The third-order valence-electron chi connectivity index (χ3n) is 3.23. The number of carboxylic acid groups (broad SMARTS) is 1. The largest absolute Gasteiger partial charge is 0.479 e. The van der Waals surface area contributed by atoms with Crippen LogP contribution >= 0.6 is 11.3 Å². The summed E-state index contributed by atoms with van der Waals surface area (Å²) in [5, 5.41) is 21.4. The molecular weight excluding hydrogens is 286 g/mol. The molecule has 0 amide bonds. The van der Waals surface area contributed by atoms with Gasteiger partial charge in [0.25, 0.3) is 0 Å². The lowest BCUT2D eigenvalue weighted by Gasteiger charge is -2.17. The maximum absolute atomic E-state index is 10.8. The first-order chi connectivity index (χ1) is 9.88. The second kappa shape index (κ2) is 6.39. The Kier molecular flexibility index (Phi) is 4.77. The summed E-state index contributed by atoms with van der Waals surface area (Å²) in [4.78, 5) is 13.1. The molecule has 0 radical (unpaired) electrons. The number of carbonyl (C=O) groups is 1. The molecule has 0 aliphatic rings. The van der Waals surface area contributed by atoms with E-state index in [9.17, 15) is 9.90 Å². The number of aliphatic hydroxyl groups is 1. The molecule has 5 heteroatoms. The molecule has 112 valence electrons. The molecule has 0 fully saturated rings. The zero-order chi connectivity index (χ0) is 15.5. The summed E-state index contributed by atoms with van der Waals surface area (Å²) in [6.45, 7) is 3.90. The number of rotatable bonds is 6. The number of hydrogen-bond acceptors (Lipinski definition) is 4. The van der Waals surface area contributed by atoms with Crippen molar-refractivity contribution in [3.05, 3.63) is 46.8 Å². The van der Waals surface area contributed by atoms with Gasteiger partial charge in [-0.1, -0.05) is 29.8 Å². The Morgan fingerprint density at radius 1 is 1.24 bits per heavy atom. The molecule has 0 aliphatic heterocycles. The van der Waals surface area contributed by atoms with E-state index in [1.165, 1.54) is 22.9 Å². The van der Waals surface area contributed by atoms with Crippen LogP contribution in [-0.2, 0) is 11.3 Å². The summed E-state index contributed by atoms with van der Waals surface area (Å²) in [6, 6.07) is 12.4. The standard InChI is InChI=1S/C16H19NO3S/c1-11-3-5-12(6-4-11)14-8-7-13(21-14)9-17-10-16(2,20)15(18)19/h3-8,17,20H,9-10H2,1-2H3,(H,18,19). The third kappa shape index (κ3) is 4.14. The highest BCUT2D eigenvalue weighted by molar-refractivity contribution is 7.15. The van der Waals surface area contributed by atoms with Crippen molar-refractivity contribution in [2.24, 2.45) is 0 Å². The number of hydrogen-bond donors (Lipinski definition) is 3. The van der Waals surface area contributed by atoms with Crippen molar-refractivity contribution in [1.29, 1.82) is 0 Å². The molecular formula is C16H19NO3S. The van der Waals surface area contributed by atoms with E-state index >= 15 is 0 Å². The first-order valence-corrected chi connectivity index (χ1v) is 7.52. The highest BCUT2D eigenvalue weighted by atomic mass is 32.1. The van der Waals surface area contributed by atoms with E-state index < -0.39 is 11.6 Å². The van der Waals surface area contributed by atoms with Crippen molar-refractivity contribution in [2.45, 2.75) is 26.0 Å². The summed E-state index contributed by atoms with van der Waals surface area (Å²) in [5.74, 6) is -1.22. The summed E-state index contributed by atoms with van der Waals surface area (Å²) in [7, 11) is 0. The van der Waals surface area contributed by atoms with Gasteiger partial charge in [-0.15, -0.1) is 11.3 Å². The SMILES string of the molecule is Cc1ccc(-c2ccc(CNCC(C)(O)C(=O)O)s2)cc1. The van der Waals surface area contributed by atoms with E-state index in [1.807, 2.05) is 6.07 Å². The number of carboxylic acids is 1. The molecule has 3 N–H and O–H groups in total. The van der Waals surface area contributed by atoms with Gasteiger partial charge in [0, 0.05) is 22.8 Å². The van der Waals surface area contributed by atoms with Gasteiger partial charge in [0.2, 0.25) is 0 Å². The highest BCUT2D eigenvalue weighted by Gasteiger charge is 2.29. The van der Waals surface area contributed by atoms with Crippen LogP contribution in [0.2, 0.25) is 0 Å². The summed E-state index contributed by atoms with van der Waals surface area (Å²) < 4.78 is 0. The molecule has 1 aromatic carbocycles. The minimum atomic E-state index is -1.74. The fourth-order valence-electron chi connectivity index (χ4n) is 1.85. The Labute approximate surface area is 128 Å². The van der Waals surface area contributed by atoms with Crippen LogP contribution < -0.4 is 5.32 Å². The van der Waals surface area contributed by atoms with E-state index in [1.54, 1.807) is 11.3 Å². The van der Waals surface area contributed by atoms with Crippen molar-refractivity contribution in [3.8, 4) is 10.4 Å². The molecule has 1 unspecified atom stereocenters. The monoisotopic (exact) mass is 305 g/mol. The zero-order valence-electron chi connectivity index (χ0n) is 12.1. The van der Waals surface area contributed by atoms with Gasteiger partial charge < -0.3 is 15.5 Å². The number of aliphatic carboxylic acids is 1. The predicted molar refractivity (Wildman–Crippen MR) is 84.5 cm³/mol. The zero-order valence-corrected chi connectivity index (χ0v) is 12.9. The van der Waals surface area contributed by atoms with Crippen molar-refractivity contribution in [3.63, 3.8) is 0 Å². The Hall–Kier alpha value is -1.69. The Morgan fingerprint density at radius 3 is 2.52 bits per heavy atom.